The predicted octanol–water partition coefficient (Wildman–Crippen LogP) is 4.56. The summed E-state index contributed by atoms with van der Waals surface area (Å²) in [5.41, 5.74) is 3.38. The molecule has 0 saturated heterocycles. The number of aryl methyl sites for hydroxylation is 2. The molecule has 0 heterocycles. The molecule has 0 aliphatic carbocycles. The Kier molecular flexibility index (Phi) is 4.14. The maximum absolute atomic E-state index is 11.2. The normalized spacial score (nSPS) is 10.8. The summed E-state index contributed by atoms with van der Waals surface area (Å²) >= 11 is 0. The maximum atomic E-state index is 11.2. The Morgan fingerprint density at radius 3 is 2.39 bits per heavy atom. The SMILES string of the molecule is CCCc1cc2cccc(CCC)c2cc1C=O. The molecule has 0 unspecified atom stereocenters. The van der Waals surface area contributed by atoms with Crippen LogP contribution in [0.15, 0.2) is 30.3 Å². The Hall–Kier alpha value is -1.63. The molecule has 0 spiro atoms. The zero-order valence-electron chi connectivity index (χ0n) is 11.2. The number of hydrogen-bond donors (Lipinski definition) is 0. The van der Waals surface area contributed by atoms with Crippen LogP contribution >= 0.6 is 0 Å². The molecule has 94 valence electrons. The summed E-state index contributed by atoms with van der Waals surface area (Å²) < 4.78 is 0. The van der Waals surface area contributed by atoms with Crippen LogP contribution in [0.25, 0.3) is 10.8 Å². The summed E-state index contributed by atoms with van der Waals surface area (Å²) in [5.74, 6) is 0. The highest BCUT2D eigenvalue weighted by Crippen LogP contribution is 2.24. The molecule has 0 bridgehead atoms. The molecule has 0 radical (unpaired) electrons. The lowest BCUT2D eigenvalue weighted by molar-refractivity contribution is 0.112. The van der Waals surface area contributed by atoms with Crippen molar-refractivity contribution in [3.8, 4) is 0 Å². The Morgan fingerprint density at radius 1 is 1.00 bits per heavy atom. The van der Waals surface area contributed by atoms with Crippen molar-refractivity contribution in [2.75, 3.05) is 0 Å². The van der Waals surface area contributed by atoms with Gasteiger partial charge < -0.3 is 0 Å². The Balaban J connectivity index is 2.62. The van der Waals surface area contributed by atoms with Gasteiger partial charge in [-0.15, -0.1) is 0 Å². The molecule has 0 N–H and O–H groups in total. The molecule has 2 rings (SSSR count). The van der Waals surface area contributed by atoms with E-state index in [1.807, 2.05) is 0 Å². The minimum absolute atomic E-state index is 0.855. The quantitative estimate of drug-likeness (QED) is 0.700. The zero-order chi connectivity index (χ0) is 13.0. The van der Waals surface area contributed by atoms with E-state index in [1.54, 1.807) is 0 Å². The molecule has 0 fully saturated rings. The number of rotatable bonds is 5. The highest BCUT2D eigenvalue weighted by atomic mass is 16.1. The topological polar surface area (TPSA) is 17.1 Å². The minimum Gasteiger partial charge on any atom is -0.298 e. The van der Waals surface area contributed by atoms with E-state index >= 15 is 0 Å². The van der Waals surface area contributed by atoms with Crippen LogP contribution in [0.5, 0.6) is 0 Å². The van der Waals surface area contributed by atoms with E-state index in [-0.39, 0.29) is 0 Å². The van der Waals surface area contributed by atoms with Gasteiger partial charge in [-0.1, -0.05) is 51.0 Å². The monoisotopic (exact) mass is 240 g/mol. The first kappa shape index (κ1) is 12.8. The molecular formula is C17H20O. The molecular weight excluding hydrogens is 220 g/mol. The van der Waals surface area contributed by atoms with Crippen LogP contribution < -0.4 is 0 Å². The summed E-state index contributed by atoms with van der Waals surface area (Å²) in [6.45, 7) is 4.33. The number of carbonyl (C=O) groups is 1. The fourth-order valence-corrected chi connectivity index (χ4v) is 2.54. The molecule has 2 aromatic carbocycles. The van der Waals surface area contributed by atoms with Crippen LogP contribution in [-0.2, 0) is 12.8 Å². The smallest absolute Gasteiger partial charge is 0.150 e. The highest BCUT2D eigenvalue weighted by Gasteiger charge is 2.06. The molecule has 1 nitrogen and oxygen atoms in total. The first-order valence-corrected chi connectivity index (χ1v) is 6.79. The van der Waals surface area contributed by atoms with E-state index in [0.29, 0.717) is 0 Å². The van der Waals surface area contributed by atoms with Crippen molar-refractivity contribution in [1.29, 1.82) is 0 Å². The fraction of sp³-hybridized carbons (Fsp3) is 0.353. The van der Waals surface area contributed by atoms with Crippen molar-refractivity contribution in [1.82, 2.24) is 0 Å². The van der Waals surface area contributed by atoms with Gasteiger partial charge in [0.1, 0.15) is 6.29 Å². The molecule has 1 heteroatoms. The van der Waals surface area contributed by atoms with E-state index in [1.165, 1.54) is 21.9 Å². The summed E-state index contributed by atoms with van der Waals surface area (Å²) in [5, 5.41) is 2.50. The second-order valence-corrected chi connectivity index (χ2v) is 4.81. The predicted molar refractivity (Wildman–Crippen MR) is 77.3 cm³/mol. The number of fused-ring (bicyclic) bond motifs is 1. The molecule has 0 atom stereocenters. The third-order valence-corrected chi connectivity index (χ3v) is 3.40. The van der Waals surface area contributed by atoms with E-state index in [0.717, 1.165) is 37.5 Å². The lowest BCUT2D eigenvalue weighted by Gasteiger charge is -2.10. The lowest BCUT2D eigenvalue weighted by atomic mass is 9.94. The van der Waals surface area contributed by atoms with Crippen molar-refractivity contribution in [2.45, 2.75) is 39.5 Å². The molecule has 0 saturated carbocycles. The van der Waals surface area contributed by atoms with Crippen molar-refractivity contribution >= 4 is 17.1 Å². The van der Waals surface area contributed by atoms with Crippen LogP contribution in [0.3, 0.4) is 0 Å². The molecule has 18 heavy (non-hydrogen) atoms. The molecule has 0 aromatic heterocycles. The zero-order valence-corrected chi connectivity index (χ0v) is 11.2. The second-order valence-electron chi connectivity index (χ2n) is 4.81. The minimum atomic E-state index is 0.855. The van der Waals surface area contributed by atoms with Gasteiger partial charge in [0.05, 0.1) is 0 Å². The van der Waals surface area contributed by atoms with Gasteiger partial charge in [-0.2, -0.15) is 0 Å². The van der Waals surface area contributed by atoms with Crippen molar-refractivity contribution in [3.05, 3.63) is 47.0 Å². The van der Waals surface area contributed by atoms with Crippen molar-refractivity contribution in [2.24, 2.45) is 0 Å². The number of hydrogen-bond acceptors (Lipinski definition) is 1. The molecule has 2 aromatic rings. The maximum Gasteiger partial charge on any atom is 0.150 e. The van der Waals surface area contributed by atoms with Crippen LogP contribution in [0, 0.1) is 0 Å². The standard InChI is InChI=1S/C17H20O/c1-3-6-13-8-5-9-15-10-14(7-4-2)16(12-18)11-17(13)15/h5,8-12H,3-4,6-7H2,1-2H3. The van der Waals surface area contributed by atoms with Crippen molar-refractivity contribution < 1.29 is 4.79 Å². The van der Waals surface area contributed by atoms with E-state index in [9.17, 15) is 4.79 Å². The number of benzene rings is 2. The van der Waals surface area contributed by atoms with Gasteiger partial charge in [0.2, 0.25) is 0 Å². The van der Waals surface area contributed by atoms with Gasteiger partial charge in [-0.25, -0.2) is 0 Å². The van der Waals surface area contributed by atoms with Crippen molar-refractivity contribution in [3.63, 3.8) is 0 Å². The summed E-state index contributed by atoms with van der Waals surface area (Å²) in [7, 11) is 0. The van der Waals surface area contributed by atoms with Gasteiger partial charge >= 0.3 is 0 Å². The van der Waals surface area contributed by atoms with Crippen LogP contribution in [-0.4, -0.2) is 6.29 Å². The van der Waals surface area contributed by atoms with Gasteiger partial charge in [0.25, 0.3) is 0 Å². The van der Waals surface area contributed by atoms with Crippen LogP contribution in [0.2, 0.25) is 0 Å². The number of aldehydes is 1. The van der Waals surface area contributed by atoms with Crippen LogP contribution in [0.4, 0.5) is 0 Å². The van der Waals surface area contributed by atoms with Gasteiger partial charge in [-0.05, 0) is 40.8 Å². The first-order valence-electron chi connectivity index (χ1n) is 6.79. The summed E-state index contributed by atoms with van der Waals surface area (Å²) in [6.07, 6.45) is 5.24. The second kappa shape index (κ2) is 5.81. The summed E-state index contributed by atoms with van der Waals surface area (Å²) in [6, 6.07) is 10.7. The van der Waals surface area contributed by atoms with E-state index < -0.39 is 0 Å². The van der Waals surface area contributed by atoms with E-state index in [2.05, 4.69) is 44.2 Å². The third-order valence-electron chi connectivity index (χ3n) is 3.40. The van der Waals surface area contributed by atoms with Crippen LogP contribution in [0.1, 0.15) is 48.2 Å². The molecule has 0 amide bonds. The van der Waals surface area contributed by atoms with Gasteiger partial charge in [0, 0.05) is 5.56 Å². The largest absolute Gasteiger partial charge is 0.298 e. The fourth-order valence-electron chi connectivity index (χ4n) is 2.54. The average molecular weight is 240 g/mol. The first-order chi connectivity index (χ1) is 8.80. The third kappa shape index (κ3) is 2.45. The lowest BCUT2D eigenvalue weighted by Crippen LogP contribution is -1.95. The van der Waals surface area contributed by atoms with E-state index in [4.69, 9.17) is 0 Å². The van der Waals surface area contributed by atoms with Gasteiger partial charge in [-0.3, -0.25) is 4.79 Å². The summed E-state index contributed by atoms with van der Waals surface area (Å²) in [4.78, 5) is 11.2. The average Bonchev–Trinajstić information content (AvgIpc) is 2.39. The Morgan fingerprint density at radius 2 is 1.72 bits per heavy atom. The number of carbonyl (C=O) groups excluding carboxylic acids is 1. The molecule has 0 aliphatic heterocycles. The Bertz CT molecular complexity index is 555. The molecule has 0 aliphatic rings. The highest BCUT2D eigenvalue weighted by molar-refractivity contribution is 5.92. The van der Waals surface area contributed by atoms with Gasteiger partial charge in [0.15, 0.2) is 0 Å². The Labute approximate surface area is 109 Å².